The van der Waals surface area contributed by atoms with E-state index in [4.69, 9.17) is 4.74 Å². The van der Waals surface area contributed by atoms with Crippen LogP contribution in [0.3, 0.4) is 0 Å². The van der Waals surface area contributed by atoms with E-state index in [0.29, 0.717) is 11.6 Å². The number of rotatable bonds is 6. The molecule has 2 rings (SSSR count). The van der Waals surface area contributed by atoms with E-state index in [-0.39, 0.29) is 5.57 Å². The number of nitrogens with zero attached hydrogens (tertiary/aromatic N) is 2. The largest absolute Gasteiger partial charge is 0.448 e. The van der Waals surface area contributed by atoms with E-state index in [1.54, 1.807) is 30.3 Å². The summed E-state index contributed by atoms with van der Waals surface area (Å²) in [5.74, 6) is -6.79. The second-order valence-corrected chi connectivity index (χ2v) is 6.42. The third-order valence-corrected chi connectivity index (χ3v) is 4.01. The lowest BCUT2D eigenvalue weighted by molar-refractivity contribution is -0.148. The Morgan fingerprint density at radius 3 is 2.30 bits per heavy atom. The molecule has 0 unspecified atom stereocenters. The van der Waals surface area contributed by atoms with Crippen molar-refractivity contribution in [1.82, 2.24) is 0 Å². The van der Waals surface area contributed by atoms with Crippen LogP contribution in [0.15, 0.2) is 42.0 Å². The van der Waals surface area contributed by atoms with Crippen molar-refractivity contribution in [1.29, 1.82) is 5.26 Å². The molecule has 0 fully saturated rings. The van der Waals surface area contributed by atoms with E-state index in [1.807, 2.05) is 24.3 Å². The molecule has 1 N–H and O–H groups in total. The van der Waals surface area contributed by atoms with Gasteiger partial charge in [-0.25, -0.2) is 18.0 Å². The van der Waals surface area contributed by atoms with Crippen molar-refractivity contribution < 1.29 is 27.5 Å². The fourth-order valence-corrected chi connectivity index (χ4v) is 2.31. The van der Waals surface area contributed by atoms with Crippen LogP contribution in [0.5, 0.6) is 0 Å². The second-order valence-electron chi connectivity index (χ2n) is 6.42. The van der Waals surface area contributed by atoms with Crippen LogP contribution in [0.4, 0.5) is 24.5 Å². The molecule has 0 spiro atoms. The fraction of sp³-hybridized carbons (Fsp3) is 0.190. The third kappa shape index (κ3) is 5.38. The van der Waals surface area contributed by atoms with Gasteiger partial charge in [0.2, 0.25) is 0 Å². The maximum absolute atomic E-state index is 13.7. The van der Waals surface area contributed by atoms with E-state index >= 15 is 0 Å². The van der Waals surface area contributed by atoms with Crippen LogP contribution in [0.25, 0.3) is 6.08 Å². The molecule has 6 nitrogen and oxygen atoms in total. The molecule has 2 aromatic carbocycles. The second kappa shape index (κ2) is 9.60. The van der Waals surface area contributed by atoms with E-state index in [9.17, 15) is 28.0 Å². The molecule has 156 valence electrons. The maximum Gasteiger partial charge on any atom is 0.349 e. The first-order chi connectivity index (χ1) is 14.1. The topological polar surface area (TPSA) is 82.4 Å². The van der Waals surface area contributed by atoms with E-state index in [1.165, 1.54) is 13.0 Å². The summed E-state index contributed by atoms with van der Waals surface area (Å²) >= 11 is 0. The summed E-state index contributed by atoms with van der Waals surface area (Å²) in [6.07, 6.45) is -0.139. The Morgan fingerprint density at radius 1 is 1.10 bits per heavy atom. The number of nitriles is 1. The van der Waals surface area contributed by atoms with E-state index < -0.39 is 41.1 Å². The van der Waals surface area contributed by atoms with Gasteiger partial charge in [0.15, 0.2) is 23.6 Å². The predicted molar refractivity (Wildman–Crippen MR) is 105 cm³/mol. The number of hydrogen-bond donors (Lipinski definition) is 1. The number of hydrogen-bond acceptors (Lipinski definition) is 5. The SMILES string of the molecule is C[C@@H](OC(=O)/C(C#N)=C/c1ccc(N(C)C)cc1)C(=O)Nc1ccc(F)c(F)c1F. The zero-order valence-electron chi connectivity index (χ0n) is 16.4. The number of benzene rings is 2. The van der Waals surface area contributed by atoms with Crippen molar-refractivity contribution in [3.63, 3.8) is 0 Å². The zero-order chi connectivity index (χ0) is 22.4. The van der Waals surface area contributed by atoms with Crippen molar-refractivity contribution in [2.45, 2.75) is 13.0 Å². The van der Waals surface area contributed by atoms with Crippen molar-refractivity contribution in [2.24, 2.45) is 0 Å². The molecular formula is C21H18F3N3O3. The molecule has 0 aliphatic heterocycles. The van der Waals surface area contributed by atoms with Gasteiger partial charge in [-0.05, 0) is 42.8 Å². The summed E-state index contributed by atoms with van der Waals surface area (Å²) in [7, 11) is 3.73. The number of amides is 1. The first-order valence-corrected chi connectivity index (χ1v) is 8.68. The van der Waals surface area contributed by atoms with Crippen LogP contribution in [-0.4, -0.2) is 32.1 Å². The fourth-order valence-electron chi connectivity index (χ4n) is 2.31. The Kier molecular flexibility index (Phi) is 7.20. The number of nitrogens with one attached hydrogen (secondary N) is 1. The van der Waals surface area contributed by atoms with Crippen LogP contribution >= 0.6 is 0 Å². The summed E-state index contributed by atoms with van der Waals surface area (Å²) in [5, 5.41) is 11.2. The zero-order valence-corrected chi connectivity index (χ0v) is 16.4. The number of halogens is 3. The first-order valence-electron chi connectivity index (χ1n) is 8.68. The summed E-state index contributed by atoms with van der Waals surface area (Å²) in [4.78, 5) is 26.2. The summed E-state index contributed by atoms with van der Waals surface area (Å²) in [6, 6.07) is 10.1. The minimum Gasteiger partial charge on any atom is -0.448 e. The predicted octanol–water partition coefficient (Wildman–Crippen LogP) is 3.65. The Balaban J connectivity index is 2.08. The molecule has 0 saturated carbocycles. The highest BCUT2D eigenvalue weighted by Gasteiger charge is 2.23. The van der Waals surface area contributed by atoms with Gasteiger partial charge in [-0.3, -0.25) is 4.79 Å². The van der Waals surface area contributed by atoms with E-state index in [0.717, 1.165) is 11.8 Å². The van der Waals surface area contributed by atoms with Crippen molar-refractivity contribution in [2.75, 3.05) is 24.3 Å². The number of anilines is 2. The van der Waals surface area contributed by atoms with Crippen molar-refractivity contribution >= 4 is 29.3 Å². The normalized spacial score (nSPS) is 12.0. The van der Waals surface area contributed by atoms with Gasteiger partial charge in [0.1, 0.15) is 11.6 Å². The Labute approximate surface area is 171 Å². The molecule has 1 atom stereocenters. The van der Waals surface area contributed by atoms with Gasteiger partial charge in [-0.15, -0.1) is 0 Å². The van der Waals surface area contributed by atoms with Crippen molar-refractivity contribution in [3.05, 3.63) is 65.0 Å². The summed E-state index contributed by atoms with van der Waals surface area (Å²) in [5.41, 5.74) is 0.517. The lowest BCUT2D eigenvalue weighted by atomic mass is 10.1. The van der Waals surface area contributed by atoms with Gasteiger partial charge in [-0.2, -0.15) is 5.26 Å². The minimum atomic E-state index is -1.74. The van der Waals surface area contributed by atoms with Crippen LogP contribution in [0, 0.1) is 28.8 Å². The molecule has 30 heavy (non-hydrogen) atoms. The van der Waals surface area contributed by atoms with Crippen LogP contribution in [-0.2, 0) is 14.3 Å². The highest BCUT2D eigenvalue weighted by Crippen LogP contribution is 2.20. The lowest BCUT2D eigenvalue weighted by Crippen LogP contribution is -2.30. The van der Waals surface area contributed by atoms with Gasteiger partial charge in [0.25, 0.3) is 5.91 Å². The number of esters is 1. The molecular weight excluding hydrogens is 399 g/mol. The Morgan fingerprint density at radius 2 is 1.73 bits per heavy atom. The van der Waals surface area contributed by atoms with Gasteiger partial charge in [0.05, 0.1) is 5.69 Å². The van der Waals surface area contributed by atoms with Crippen LogP contribution in [0.1, 0.15) is 12.5 Å². The van der Waals surface area contributed by atoms with Crippen LogP contribution < -0.4 is 10.2 Å². The third-order valence-electron chi connectivity index (χ3n) is 4.01. The quantitative estimate of drug-likeness (QED) is 0.336. The minimum absolute atomic E-state index is 0.355. The molecule has 9 heteroatoms. The van der Waals surface area contributed by atoms with E-state index in [2.05, 4.69) is 0 Å². The molecule has 0 aliphatic rings. The number of carbonyl (C=O) groups excluding carboxylic acids is 2. The molecule has 0 heterocycles. The van der Waals surface area contributed by atoms with Gasteiger partial charge in [0, 0.05) is 19.8 Å². The average Bonchev–Trinajstić information content (AvgIpc) is 2.72. The average molecular weight is 417 g/mol. The highest BCUT2D eigenvalue weighted by molar-refractivity contribution is 6.01. The molecule has 0 saturated heterocycles. The molecule has 0 aliphatic carbocycles. The number of carbonyl (C=O) groups is 2. The Bertz CT molecular complexity index is 1030. The van der Waals surface area contributed by atoms with Gasteiger partial charge >= 0.3 is 5.97 Å². The molecule has 0 aromatic heterocycles. The number of ether oxygens (including phenoxy) is 1. The standard InChI is InChI=1S/C21H18F3N3O3/c1-12(20(28)26-17-9-8-16(22)18(23)19(17)24)30-21(29)14(11-25)10-13-4-6-15(7-5-13)27(2)3/h4-10,12H,1-3H3,(H,26,28)/b14-10+/t12-/m1/s1. The first kappa shape index (κ1) is 22.5. The Hall–Kier alpha value is -3.80. The summed E-state index contributed by atoms with van der Waals surface area (Å²) in [6.45, 7) is 1.19. The molecule has 2 aromatic rings. The molecule has 0 radical (unpaired) electrons. The van der Waals surface area contributed by atoms with Gasteiger partial charge in [-0.1, -0.05) is 12.1 Å². The monoisotopic (exact) mass is 417 g/mol. The highest BCUT2D eigenvalue weighted by atomic mass is 19.2. The molecule has 0 bridgehead atoms. The van der Waals surface area contributed by atoms with Crippen LogP contribution in [0.2, 0.25) is 0 Å². The smallest absolute Gasteiger partial charge is 0.349 e. The van der Waals surface area contributed by atoms with Crippen molar-refractivity contribution in [3.8, 4) is 6.07 Å². The molecule has 1 amide bonds. The summed E-state index contributed by atoms with van der Waals surface area (Å²) < 4.78 is 44.8. The van der Waals surface area contributed by atoms with Gasteiger partial charge < -0.3 is 15.0 Å². The lowest BCUT2D eigenvalue weighted by Gasteiger charge is -2.14. The maximum atomic E-state index is 13.7.